The van der Waals surface area contributed by atoms with Crippen LogP contribution in [-0.4, -0.2) is 18.1 Å². The molecule has 1 N–H and O–H groups in total. The molecule has 4 atom stereocenters. The normalized spacial score (nSPS) is 27.3. The van der Waals surface area contributed by atoms with Crippen LogP contribution in [0.1, 0.15) is 63.5 Å². The van der Waals surface area contributed by atoms with Crippen molar-refractivity contribution in [1.82, 2.24) is 5.32 Å². The second-order valence-electron chi connectivity index (χ2n) is 7.75. The third-order valence-corrected chi connectivity index (χ3v) is 5.53. The van der Waals surface area contributed by atoms with Gasteiger partial charge in [0.2, 0.25) is 0 Å². The average Bonchev–Trinajstić information content (AvgIpc) is 3.09. The lowest BCUT2D eigenvalue weighted by Gasteiger charge is -2.25. The molecule has 0 aliphatic heterocycles. The molecule has 126 valence electrons. The van der Waals surface area contributed by atoms with Gasteiger partial charge in [-0.2, -0.15) is 0 Å². The Morgan fingerprint density at radius 1 is 1.22 bits per heavy atom. The first-order valence-electron chi connectivity index (χ1n) is 9.01. The van der Waals surface area contributed by atoms with Crippen LogP contribution in [-0.2, 0) is 4.79 Å². The van der Waals surface area contributed by atoms with E-state index in [2.05, 4.69) is 38.2 Å². The summed E-state index contributed by atoms with van der Waals surface area (Å²) >= 11 is 0. The minimum Gasteiger partial charge on any atom is -0.481 e. The molecule has 3 heteroatoms. The third-order valence-electron chi connectivity index (χ3n) is 5.53. The largest absolute Gasteiger partial charge is 0.481 e. The van der Waals surface area contributed by atoms with Crippen LogP contribution in [0.15, 0.2) is 18.2 Å². The molecule has 3 nitrogen and oxygen atoms in total. The molecule has 1 aromatic rings. The summed E-state index contributed by atoms with van der Waals surface area (Å²) in [6.45, 7) is 8.21. The van der Waals surface area contributed by atoms with Gasteiger partial charge in [-0.25, -0.2) is 0 Å². The Labute approximate surface area is 139 Å². The topological polar surface area (TPSA) is 38.3 Å². The fourth-order valence-corrected chi connectivity index (χ4v) is 4.19. The highest BCUT2D eigenvalue weighted by molar-refractivity contribution is 5.81. The molecule has 3 rings (SSSR count). The quantitative estimate of drug-likeness (QED) is 0.885. The first-order chi connectivity index (χ1) is 10.9. The molecule has 0 spiro atoms. The Morgan fingerprint density at radius 3 is 2.61 bits per heavy atom. The smallest absolute Gasteiger partial charge is 0.261 e. The van der Waals surface area contributed by atoms with E-state index in [4.69, 9.17) is 4.74 Å². The van der Waals surface area contributed by atoms with Crippen molar-refractivity contribution in [2.45, 2.75) is 71.4 Å². The second kappa shape index (κ2) is 6.54. The van der Waals surface area contributed by atoms with Crippen LogP contribution in [0.3, 0.4) is 0 Å². The summed E-state index contributed by atoms with van der Waals surface area (Å²) in [4.78, 5) is 12.5. The molecule has 0 aromatic heterocycles. The van der Waals surface area contributed by atoms with E-state index in [1.54, 1.807) is 0 Å². The Balaban J connectivity index is 1.63. The Morgan fingerprint density at radius 2 is 2.00 bits per heavy atom. The summed E-state index contributed by atoms with van der Waals surface area (Å²) in [5, 5.41) is 3.23. The van der Waals surface area contributed by atoms with Gasteiger partial charge in [0.1, 0.15) is 5.75 Å². The predicted octanol–water partition coefficient (Wildman–Crippen LogP) is 4.19. The van der Waals surface area contributed by atoms with E-state index >= 15 is 0 Å². The van der Waals surface area contributed by atoms with Crippen LogP contribution in [0, 0.1) is 18.8 Å². The summed E-state index contributed by atoms with van der Waals surface area (Å²) < 4.78 is 6.03. The molecule has 1 aromatic carbocycles. The van der Waals surface area contributed by atoms with Crippen molar-refractivity contribution in [3.63, 3.8) is 0 Å². The van der Waals surface area contributed by atoms with E-state index in [0.29, 0.717) is 17.9 Å². The second-order valence-corrected chi connectivity index (χ2v) is 7.75. The predicted molar refractivity (Wildman–Crippen MR) is 92.7 cm³/mol. The van der Waals surface area contributed by atoms with E-state index in [9.17, 15) is 4.79 Å². The SMILES string of the molecule is Cc1ccc(C(C)C)c(O[C@@H](C)C(=O)N[C@H]2C[C@@H]3CC[C@@H]2C3)c1. The Hall–Kier alpha value is -1.51. The van der Waals surface area contributed by atoms with Crippen molar-refractivity contribution in [2.24, 2.45) is 11.8 Å². The number of carbonyl (C=O) groups excluding carboxylic acids is 1. The summed E-state index contributed by atoms with van der Waals surface area (Å²) in [6.07, 6.45) is 4.64. The van der Waals surface area contributed by atoms with Gasteiger partial charge in [-0.15, -0.1) is 0 Å². The van der Waals surface area contributed by atoms with Crippen LogP contribution in [0.5, 0.6) is 5.75 Å². The number of benzene rings is 1. The fraction of sp³-hybridized carbons (Fsp3) is 0.650. The van der Waals surface area contributed by atoms with Crippen molar-refractivity contribution in [1.29, 1.82) is 0 Å². The molecule has 2 aliphatic rings. The number of rotatable bonds is 5. The number of ether oxygens (including phenoxy) is 1. The van der Waals surface area contributed by atoms with E-state index in [-0.39, 0.29) is 5.91 Å². The fourth-order valence-electron chi connectivity index (χ4n) is 4.19. The zero-order valence-electron chi connectivity index (χ0n) is 14.8. The van der Waals surface area contributed by atoms with Gasteiger partial charge < -0.3 is 10.1 Å². The molecule has 0 unspecified atom stereocenters. The lowest BCUT2D eigenvalue weighted by atomic mass is 9.95. The molecular weight excluding hydrogens is 286 g/mol. The highest BCUT2D eigenvalue weighted by atomic mass is 16.5. The number of amides is 1. The van der Waals surface area contributed by atoms with Crippen LogP contribution in [0.25, 0.3) is 0 Å². The van der Waals surface area contributed by atoms with Gasteiger partial charge in [0.25, 0.3) is 5.91 Å². The summed E-state index contributed by atoms with van der Waals surface area (Å²) in [7, 11) is 0. The van der Waals surface area contributed by atoms with Gasteiger partial charge >= 0.3 is 0 Å². The minimum absolute atomic E-state index is 0.0266. The number of fused-ring (bicyclic) bond motifs is 2. The van der Waals surface area contributed by atoms with Gasteiger partial charge in [-0.3, -0.25) is 4.79 Å². The molecule has 2 aliphatic carbocycles. The Bertz CT molecular complexity index is 581. The van der Waals surface area contributed by atoms with Gasteiger partial charge in [-0.05, 0) is 68.1 Å². The first-order valence-corrected chi connectivity index (χ1v) is 9.01. The van der Waals surface area contributed by atoms with E-state index in [0.717, 1.165) is 29.2 Å². The first kappa shape index (κ1) is 16.4. The average molecular weight is 315 g/mol. The molecule has 0 saturated heterocycles. The number of hydrogen-bond donors (Lipinski definition) is 1. The van der Waals surface area contributed by atoms with Crippen molar-refractivity contribution in [3.05, 3.63) is 29.3 Å². The molecule has 1 amide bonds. The van der Waals surface area contributed by atoms with Crippen molar-refractivity contribution >= 4 is 5.91 Å². The van der Waals surface area contributed by atoms with Crippen LogP contribution >= 0.6 is 0 Å². The summed E-state index contributed by atoms with van der Waals surface area (Å²) in [5.41, 5.74) is 2.32. The van der Waals surface area contributed by atoms with Gasteiger partial charge in [-0.1, -0.05) is 32.4 Å². The molecule has 2 bridgehead atoms. The highest BCUT2D eigenvalue weighted by Gasteiger charge is 2.40. The number of nitrogens with one attached hydrogen (secondary N) is 1. The van der Waals surface area contributed by atoms with Gasteiger partial charge in [0, 0.05) is 6.04 Å². The number of aryl methyl sites for hydroxylation is 1. The number of carbonyl (C=O) groups is 1. The van der Waals surface area contributed by atoms with Crippen molar-refractivity contribution < 1.29 is 9.53 Å². The lowest BCUT2D eigenvalue weighted by molar-refractivity contribution is -0.128. The van der Waals surface area contributed by atoms with E-state index in [1.807, 2.05) is 13.0 Å². The number of hydrogen-bond acceptors (Lipinski definition) is 2. The monoisotopic (exact) mass is 315 g/mol. The molecular formula is C20H29NO2. The summed E-state index contributed by atoms with van der Waals surface area (Å²) in [6, 6.07) is 6.61. The Kier molecular flexibility index (Phi) is 4.65. The minimum atomic E-state index is -0.451. The van der Waals surface area contributed by atoms with Crippen LogP contribution in [0.2, 0.25) is 0 Å². The van der Waals surface area contributed by atoms with Crippen LogP contribution in [0.4, 0.5) is 0 Å². The van der Waals surface area contributed by atoms with Gasteiger partial charge in [0.15, 0.2) is 6.10 Å². The zero-order chi connectivity index (χ0) is 16.6. The molecule has 0 radical (unpaired) electrons. The van der Waals surface area contributed by atoms with Crippen molar-refractivity contribution in [2.75, 3.05) is 0 Å². The van der Waals surface area contributed by atoms with Crippen molar-refractivity contribution in [3.8, 4) is 5.75 Å². The maximum atomic E-state index is 12.5. The van der Waals surface area contributed by atoms with Crippen LogP contribution < -0.4 is 10.1 Å². The van der Waals surface area contributed by atoms with E-state index in [1.165, 1.54) is 19.3 Å². The van der Waals surface area contributed by atoms with Gasteiger partial charge in [0.05, 0.1) is 0 Å². The summed E-state index contributed by atoms with van der Waals surface area (Å²) in [5.74, 6) is 2.79. The highest BCUT2D eigenvalue weighted by Crippen LogP contribution is 2.44. The lowest BCUT2D eigenvalue weighted by Crippen LogP contribution is -2.44. The zero-order valence-corrected chi connectivity index (χ0v) is 14.8. The standard InChI is InChI=1S/C20H29NO2/c1-12(2)17-8-5-13(3)9-19(17)23-14(4)20(22)21-18-11-15-6-7-16(18)10-15/h5,8-9,12,14-16,18H,6-7,10-11H2,1-4H3,(H,21,22)/t14-,15+,16+,18-/m0/s1. The maximum absolute atomic E-state index is 12.5. The molecule has 23 heavy (non-hydrogen) atoms. The van der Waals surface area contributed by atoms with E-state index < -0.39 is 6.10 Å². The molecule has 0 heterocycles. The molecule has 2 saturated carbocycles. The maximum Gasteiger partial charge on any atom is 0.261 e. The third kappa shape index (κ3) is 3.54. The molecule has 2 fully saturated rings.